The van der Waals surface area contributed by atoms with Crippen molar-refractivity contribution in [1.29, 1.82) is 0 Å². The molecule has 27 heavy (non-hydrogen) atoms. The highest BCUT2D eigenvalue weighted by molar-refractivity contribution is 6.30. The lowest BCUT2D eigenvalue weighted by molar-refractivity contribution is -0.137. The zero-order chi connectivity index (χ0) is 19.6. The predicted octanol–water partition coefficient (Wildman–Crippen LogP) is 3.86. The van der Waals surface area contributed by atoms with Gasteiger partial charge in [-0.2, -0.15) is 13.2 Å². The molecule has 1 aliphatic heterocycles. The van der Waals surface area contributed by atoms with Crippen LogP contribution in [0.1, 0.15) is 18.4 Å². The summed E-state index contributed by atoms with van der Waals surface area (Å²) < 4.78 is 43.6. The first-order valence-corrected chi connectivity index (χ1v) is 8.63. The van der Waals surface area contributed by atoms with Gasteiger partial charge in [-0.15, -0.1) is 0 Å². The number of rotatable bonds is 4. The maximum absolute atomic E-state index is 12.7. The van der Waals surface area contributed by atoms with Crippen molar-refractivity contribution >= 4 is 28.9 Å². The Labute approximate surface area is 158 Å². The number of aliphatic hydroxyl groups excluding tert-OH is 1. The number of aliphatic hydroxyl groups is 1. The van der Waals surface area contributed by atoms with Gasteiger partial charge in [-0.25, -0.2) is 9.97 Å². The first kappa shape index (κ1) is 19.5. The van der Waals surface area contributed by atoms with E-state index >= 15 is 0 Å². The van der Waals surface area contributed by atoms with Crippen LogP contribution in [0.3, 0.4) is 0 Å². The molecule has 1 saturated heterocycles. The Hall–Kier alpha value is -2.26. The van der Waals surface area contributed by atoms with Crippen LogP contribution in [-0.2, 0) is 6.18 Å². The maximum Gasteiger partial charge on any atom is 0.420 e. The summed E-state index contributed by atoms with van der Waals surface area (Å²) in [6.45, 7) is 1.36. The van der Waals surface area contributed by atoms with E-state index in [4.69, 9.17) is 16.3 Å². The van der Waals surface area contributed by atoms with Crippen LogP contribution in [0.5, 0.6) is 5.75 Å². The van der Waals surface area contributed by atoms with E-state index in [9.17, 15) is 18.3 Å². The van der Waals surface area contributed by atoms with E-state index in [-0.39, 0.29) is 12.1 Å². The van der Waals surface area contributed by atoms with Gasteiger partial charge in [0.1, 0.15) is 16.5 Å². The number of hydrogen-bond donors (Lipinski definition) is 2. The van der Waals surface area contributed by atoms with Crippen LogP contribution in [0.25, 0.3) is 0 Å². The van der Waals surface area contributed by atoms with Gasteiger partial charge in [-0.3, -0.25) is 0 Å². The van der Waals surface area contributed by atoms with Crippen LogP contribution < -0.4 is 15.0 Å². The van der Waals surface area contributed by atoms with Gasteiger partial charge in [0, 0.05) is 31.0 Å². The molecule has 10 heteroatoms. The van der Waals surface area contributed by atoms with Crippen molar-refractivity contribution in [2.45, 2.75) is 25.1 Å². The van der Waals surface area contributed by atoms with E-state index in [1.165, 1.54) is 7.11 Å². The summed E-state index contributed by atoms with van der Waals surface area (Å²) in [5.74, 6) is 0.389. The quantitative estimate of drug-likeness (QED) is 0.757. The lowest BCUT2D eigenvalue weighted by Gasteiger charge is -2.32. The monoisotopic (exact) mass is 402 g/mol. The molecule has 0 radical (unpaired) electrons. The molecular weight excluding hydrogens is 385 g/mol. The Balaban J connectivity index is 1.82. The summed E-state index contributed by atoms with van der Waals surface area (Å²) in [4.78, 5) is 9.38. The minimum atomic E-state index is -4.62. The largest absolute Gasteiger partial charge is 0.494 e. The fraction of sp³-hybridized carbons (Fsp3) is 0.412. The average molecular weight is 403 g/mol. The lowest BCUT2D eigenvalue weighted by Crippen LogP contribution is -2.38. The van der Waals surface area contributed by atoms with Gasteiger partial charge < -0.3 is 20.1 Å². The molecule has 0 aliphatic carbocycles. The molecule has 3 rings (SSSR count). The molecule has 2 heterocycles. The van der Waals surface area contributed by atoms with E-state index in [2.05, 4.69) is 15.3 Å². The standard InChI is InChI=1S/C17H18ClF3N4O2/c1-27-14-7-10(25-6-2-3-11(26)9-25)4-5-13(14)23-16-22-8-12(15(18)24-16)17(19,20)21/h4-5,7-8,11,26H,2-3,6,9H2,1H3,(H,22,23,24). The van der Waals surface area contributed by atoms with E-state index in [0.29, 0.717) is 24.2 Å². The van der Waals surface area contributed by atoms with Gasteiger partial charge in [-0.1, -0.05) is 11.6 Å². The van der Waals surface area contributed by atoms with Crippen molar-refractivity contribution in [3.63, 3.8) is 0 Å². The number of hydrogen-bond acceptors (Lipinski definition) is 6. The third-order valence-corrected chi connectivity index (χ3v) is 4.53. The number of nitrogens with zero attached hydrogens (tertiary/aromatic N) is 3. The number of ether oxygens (including phenoxy) is 1. The van der Waals surface area contributed by atoms with E-state index < -0.39 is 16.9 Å². The molecule has 2 N–H and O–H groups in total. The number of nitrogens with one attached hydrogen (secondary N) is 1. The normalized spacial score (nSPS) is 17.7. The highest BCUT2D eigenvalue weighted by atomic mass is 35.5. The Bertz CT molecular complexity index is 819. The Morgan fingerprint density at radius 3 is 2.78 bits per heavy atom. The fourth-order valence-corrected chi connectivity index (χ4v) is 3.14. The van der Waals surface area contributed by atoms with Crippen LogP contribution in [0, 0.1) is 0 Å². The molecule has 1 fully saturated rings. The minimum Gasteiger partial charge on any atom is -0.494 e. The topological polar surface area (TPSA) is 70.5 Å². The van der Waals surface area contributed by atoms with Crippen molar-refractivity contribution in [1.82, 2.24) is 9.97 Å². The summed E-state index contributed by atoms with van der Waals surface area (Å²) in [7, 11) is 1.48. The summed E-state index contributed by atoms with van der Waals surface area (Å²) in [6, 6.07) is 5.32. The zero-order valence-electron chi connectivity index (χ0n) is 14.4. The molecule has 0 spiro atoms. The highest BCUT2D eigenvalue weighted by Gasteiger charge is 2.34. The number of alkyl halides is 3. The minimum absolute atomic E-state index is 0.0764. The Morgan fingerprint density at radius 2 is 2.15 bits per heavy atom. The van der Waals surface area contributed by atoms with E-state index in [1.807, 2.05) is 11.0 Å². The number of β-amino-alcohol motifs (C(OH)–C–C–N with tert-alkyl or cyclic N) is 1. The molecule has 0 amide bonds. The smallest absolute Gasteiger partial charge is 0.420 e. The number of benzene rings is 1. The molecule has 2 aromatic rings. The van der Waals surface area contributed by atoms with Gasteiger partial charge >= 0.3 is 6.18 Å². The van der Waals surface area contributed by atoms with Crippen LogP contribution >= 0.6 is 11.6 Å². The van der Waals surface area contributed by atoms with Gasteiger partial charge in [0.15, 0.2) is 0 Å². The Kier molecular flexibility index (Phi) is 5.61. The molecule has 0 saturated carbocycles. The number of halogens is 4. The van der Waals surface area contributed by atoms with Crippen LogP contribution in [0.15, 0.2) is 24.4 Å². The third kappa shape index (κ3) is 4.54. The van der Waals surface area contributed by atoms with Crippen molar-refractivity contribution < 1.29 is 23.0 Å². The van der Waals surface area contributed by atoms with Gasteiger partial charge in [0.2, 0.25) is 5.95 Å². The van der Waals surface area contributed by atoms with Crippen molar-refractivity contribution in [3.05, 3.63) is 35.1 Å². The second kappa shape index (κ2) is 7.77. The van der Waals surface area contributed by atoms with Crippen LogP contribution in [0.4, 0.5) is 30.5 Å². The molecule has 146 valence electrons. The van der Waals surface area contributed by atoms with Crippen molar-refractivity contribution in [2.75, 3.05) is 30.4 Å². The average Bonchev–Trinajstić information content (AvgIpc) is 2.61. The molecule has 0 bridgehead atoms. The van der Waals surface area contributed by atoms with Gasteiger partial charge in [-0.05, 0) is 25.0 Å². The highest BCUT2D eigenvalue weighted by Crippen LogP contribution is 2.35. The molecule has 1 aliphatic rings. The Morgan fingerprint density at radius 1 is 1.37 bits per heavy atom. The zero-order valence-corrected chi connectivity index (χ0v) is 15.2. The number of piperidine rings is 1. The molecule has 1 unspecified atom stereocenters. The van der Waals surface area contributed by atoms with Crippen LogP contribution in [-0.4, -0.2) is 41.4 Å². The predicted molar refractivity (Wildman–Crippen MR) is 95.8 cm³/mol. The molecular formula is C17H18ClF3N4O2. The van der Waals surface area contributed by atoms with E-state index in [1.54, 1.807) is 12.1 Å². The number of aromatic nitrogens is 2. The summed E-state index contributed by atoms with van der Waals surface area (Å²) in [5, 5.41) is 12.0. The van der Waals surface area contributed by atoms with Gasteiger partial charge in [0.05, 0.1) is 18.9 Å². The summed E-state index contributed by atoms with van der Waals surface area (Å²) in [6.07, 6.45) is -2.69. The second-order valence-electron chi connectivity index (χ2n) is 6.15. The maximum atomic E-state index is 12.7. The van der Waals surface area contributed by atoms with E-state index in [0.717, 1.165) is 25.1 Å². The lowest BCUT2D eigenvalue weighted by atomic mass is 10.1. The van der Waals surface area contributed by atoms with Crippen molar-refractivity contribution in [3.8, 4) is 5.75 Å². The third-order valence-electron chi connectivity index (χ3n) is 4.24. The van der Waals surface area contributed by atoms with Gasteiger partial charge in [0.25, 0.3) is 0 Å². The summed E-state index contributed by atoms with van der Waals surface area (Å²) in [5.41, 5.74) is 0.262. The van der Waals surface area contributed by atoms with Crippen molar-refractivity contribution in [2.24, 2.45) is 0 Å². The molecule has 1 aromatic heterocycles. The number of methoxy groups -OCH3 is 1. The molecule has 1 aromatic carbocycles. The van der Waals surface area contributed by atoms with Crippen LogP contribution in [0.2, 0.25) is 5.15 Å². The molecule has 6 nitrogen and oxygen atoms in total. The summed E-state index contributed by atoms with van der Waals surface area (Å²) >= 11 is 5.62. The molecule has 1 atom stereocenters. The first-order valence-electron chi connectivity index (χ1n) is 8.25. The SMILES string of the molecule is COc1cc(N2CCCC(O)C2)ccc1Nc1ncc(C(F)(F)F)c(Cl)n1. The fourth-order valence-electron chi connectivity index (χ4n) is 2.90. The second-order valence-corrected chi connectivity index (χ2v) is 6.51. The number of anilines is 3. The first-order chi connectivity index (χ1) is 12.8.